The van der Waals surface area contributed by atoms with E-state index in [-0.39, 0.29) is 0 Å². The van der Waals surface area contributed by atoms with Crippen LogP contribution in [0.5, 0.6) is 0 Å². The van der Waals surface area contributed by atoms with Gasteiger partial charge < -0.3 is 5.32 Å². The molecule has 0 unspecified atom stereocenters. The molecule has 0 fully saturated rings. The molecule has 3 aromatic rings. The number of rotatable bonds is 4. The highest BCUT2D eigenvalue weighted by molar-refractivity contribution is 5.61. The predicted octanol–water partition coefficient (Wildman–Crippen LogP) is 1.82. The van der Waals surface area contributed by atoms with Crippen molar-refractivity contribution in [2.24, 2.45) is 7.05 Å². The highest BCUT2D eigenvalue weighted by Crippen LogP contribution is 2.19. The summed E-state index contributed by atoms with van der Waals surface area (Å²) in [5.74, 6) is 0.824. The zero-order valence-electron chi connectivity index (χ0n) is 10.5. The van der Waals surface area contributed by atoms with Crippen LogP contribution < -0.4 is 5.32 Å². The van der Waals surface area contributed by atoms with Crippen LogP contribution in [0.3, 0.4) is 0 Å². The molecule has 0 saturated carbocycles. The van der Waals surface area contributed by atoms with E-state index in [1.54, 1.807) is 4.68 Å². The Bertz CT molecular complexity index is 655. The number of hydrogen-bond donors (Lipinski definition) is 2. The van der Waals surface area contributed by atoms with Gasteiger partial charge in [0.15, 0.2) is 0 Å². The smallest absolute Gasteiger partial charge is 0.148 e. The quantitative estimate of drug-likeness (QED) is 0.745. The fraction of sp³-hybridized carbons (Fsp3) is 0.154. The fourth-order valence-electron chi connectivity index (χ4n) is 1.89. The Labute approximate surface area is 110 Å². The first-order valence-corrected chi connectivity index (χ1v) is 6.01. The second-order valence-corrected chi connectivity index (χ2v) is 4.21. The van der Waals surface area contributed by atoms with Crippen LogP contribution in [0, 0.1) is 0 Å². The van der Waals surface area contributed by atoms with Crippen molar-refractivity contribution < 1.29 is 0 Å². The number of hydrogen-bond acceptors (Lipinski definition) is 4. The summed E-state index contributed by atoms with van der Waals surface area (Å²) in [4.78, 5) is 0. The molecule has 0 spiro atoms. The molecule has 19 heavy (non-hydrogen) atoms. The summed E-state index contributed by atoms with van der Waals surface area (Å²) in [5, 5.41) is 18.5. The Morgan fingerprint density at radius 1 is 1.16 bits per heavy atom. The van der Waals surface area contributed by atoms with E-state index in [2.05, 4.69) is 25.8 Å². The molecule has 0 amide bonds. The Balaban J connectivity index is 1.77. The Morgan fingerprint density at radius 2 is 2.00 bits per heavy atom. The molecular formula is C13H14N6. The summed E-state index contributed by atoms with van der Waals surface area (Å²) < 4.78 is 1.75. The van der Waals surface area contributed by atoms with Crippen LogP contribution in [-0.4, -0.2) is 25.2 Å². The Kier molecular flexibility index (Phi) is 2.97. The highest BCUT2D eigenvalue weighted by atomic mass is 15.3. The number of nitrogens with zero attached hydrogens (tertiary/aromatic N) is 4. The lowest BCUT2D eigenvalue weighted by Gasteiger charge is -2.02. The molecule has 0 atom stereocenters. The number of aryl methyl sites for hydroxylation is 1. The first-order chi connectivity index (χ1) is 9.33. The number of H-pyrrole nitrogens is 1. The summed E-state index contributed by atoms with van der Waals surface area (Å²) in [6.45, 7) is 0.581. The third-order valence-corrected chi connectivity index (χ3v) is 2.82. The zero-order chi connectivity index (χ0) is 13.1. The Hall–Kier alpha value is -2.63. The number of aromatic nitrogens is 5. The van der Waals surface area contributed by atoms with Crippen molar-refractivity contribution in [2.45, 2.75) is 6.54 Å². The maximum absolute atomic E-state index is 4.26. The van der Waals surface area contributed by atoms with Crippen molar-refractivity contribution in [3.8, 4) is 11.3 Å². The van der Waals surface area contributed by atoms with Gasteiger partial charge in [0, 0.05) is 24.9 Å². The lowest BCUT2D eigenvalue weighted by Crippen LogP contribution is -2.02. The minimum absolute atomic E-state index is 0.581. The van der Waals surface area contributed by atoms with Gasteiger partial charge in [0.25, 0.3) is 0 Å². The molecule has 0 bridgehead atoms. The maximum Gasteiger partial charge on any atom is 0.148 e. The average molecular weight is 254 g/mol. The maximum atomic E-state index is 4.26. The topological polar surface area (TPSA) is 71.4 Å². The van der Waals surface area contributed by atoms with E-state index in [1.807, 2.05) is 49.6 Å². The molecule has 1 aromatic carbocycles. The molecule has 0 radical (unpaired) electrons. The van der Waals surface area contributed by atoms with Crippen molar-refractivity contribution in [1.82, 2.24) is 25.2 Å². The molecule has 0 aliphatic carbocycles. The fourth-order valence-corrected chi connectivity index (χ4v) is 1.89. The average Bonchev–Trinajstić information content (AvgIpc) is 3.06. The zero-order valence-corrected chi connectivity index (χ0v) is 10.5. The van der Waals surface area contributed by atoms with Gasteiger partial charge in [-0.05, 0) is 0 Å². The van der Waals surface area contributed by atoms with E-state index in [0.717, 1.165) is 22.8 Å². The van der Waals surface area contributed by atoms with Gasteiger partial charge in [-0.25, -0.2) is 0 Å². The molecule has 6 heteroatoms. The molecule has 2 N–H and O–H groups in total. The first kappa shape index (κ1) is 11.5. The van der Waals surface area contributed by atoms with Gasteiger partial charge in [0.05, 0.1) is 6.54 Å². The monoisotopic (exact) mass is 254 g/mol. The normalized spacial score (nSPS) is 10.6. The van der Waals surface area contributed by atoms with Crippen LogP contribution in [0.4, 0.5) is 5.82 Å². The van der Waals surface area contributed by atoms with Gasteiger partial charge in [0.2, 0.25) is 0 Å². The minimum atomic E-state index is 0.581. The largest absolute Gasteiger partial charge is 0.363 e. The van der Waals surface area contributed by atoms with Crippen molar-refractivity contribution in [3.05, 3.63) is 48.3 Å². The van der Waals surface area contributed by atoms with Crippen LogP contribution in [0.25, 0.3) is 11.3 Å². The number of nitrogens with one attached hydrogen (secondary N) is 2. The SMILES string of the molecule is Cn1ccc(NCc2n[nH]nc2-c2ccccc2)n1. The van der Waals surface area contributed by atoms with E-state index < -0.39 is 0 Å². The molecule has 3 rings (SSSR count). The van der Waals surface area contributed by atoms with Gasteiger partial charge in [-0.3, -0.25) is 4.68 Å². The third-order valence-electron chi connectivity index (χ3n) is 2.82. The second-order valence-electron chi connectivity index (χ2n) is 4.21. The van der Waals surface area contributed by atoms with Crippen molar-refractivity contribution in [3.63, 3.8) is 0 Å². The van der Waals surface area contributed by atoms with Gasteiger partial charge in [-0.1, -0.05) is 30.3 Å². The Morgan fingerprint density at radius 3 is 2.74 bits per heavy atom. The lowest BCUT2D eigenvalue weighted by molar-refractivity contribution is 0.767. The third kappa shape index (κ3) is 2.47. The van der Waals surface area contributed by atoms with Gasteiger partial charge in [-0.15, -0.1) is 0 Å². The van der Waals surface area contributed by atoms with Crippen LogP contribution in [0.2, 0.25) is 0 Å². The standard InChI is InChI=1S/C13H14N6/c1-19-8-7-12(17-19)14-9-11-13(16-18-15-11)10-5-3-2-4-6-10/h2-8H,9H2,1H3,(H,14,17)(H,15,16,18). The molecule has 6 nitrogen and oxygen atoms in total. The molecular weight excluding hydrogens is 240 g/mol. The van der Waals surface area contributed by atoms with E-state index in [0.29, 0.717) is 6.54 Å². The van der Waals surface area contributed by atoms with Crippen LogP contribution >= 0.6 is 0 Å². The summed E-state index contributed by atoms with van der Waals surface area (Å²) in [6.07, 6.45) is 1.89. The first-order valence-electron chi connectivity index (χ1n) is 6.01. The lowest BCUT2D eigenvalue weighted by atomic mass is 10.1. The van der Waals surface area contributed by atoms with E-state index in [9.17, 15) is 0 Å². The van der Waals surface area contributed by atoms with Crippen molar-refractivity contribution >= 4 is 5.82 Å². The van der Waals surface area contributed by atoms with E-state index in [4.69, 9.17) is 0 Å². The van der Waals surface area contributed by atoms with Crippen LogP contribution in [-0.2, 0) is 13.6 Å². The number of aromatic amines is 1. The molecule has 2 aromatic heterocycles. The molecule has 0 aliphatic rings. The number of anilines is 1. The van der Waals surface area contributed by atoms with Crippen LogP contribution in [0.1, 0.15) is 5.69 Å². The predicted molar refractivity (Wildman–Crippen MR) is 72.4 cm³/mol. The van der Waals surface area contributed by atoms with Gasteiger partial charge in [-0.2, -0.15) is 20.5 Å². The molecule has 2 heterocycles. The summed E-state index contributed by atoms with van der Waals surface area (Å²) in [7, 11) is 1.89. The van der Waals surface area contributed by atoms with Gasteiger partial charge in [0.1, 0.15) is 17.2 Å². The molecule has 0 saturated heterocycles. The molecule has 0 aliphatic heterocycles. The molecule has 96 valence electrons. The van der Waals surface area contributed by atoms with E-state index >= 15 is 0 Å². The summed E-state index contributed by atoms with van der Waals surface area (Å²) >= 11 is 0. The second kappa shape index (κ2) is 4.93. The van der Waals surface area contributed by atoms with Crippen LogP contribution in [0.15, 0.2) is 42.6 Å². The summed E-state index contributed by atoms with van der Waals surface area (Å²) in [6, 6.07) is 11.9. The van der Waals surface area contributed by atoms with Crippen molar-refractivity contribution in [2.75, 3.05) is 5.32 Å². The van der Waals surface area contributed by atoms with Gasteiger partial charge >= 0.3 is 0 Å². The van der Waals surface area contributed by atoms with Crippen molar-refractivity contribution in [1.29, 1.82) is 0 Å². The number of benzene rings is 1. The van der Waals surface area contributed by atoms with E-state index in [1.165, 1.54) is 0 Å². The highest BCUT2D eigenvalue weighted by Gasteiger charge is 2.09. The summed E-state index contributed by atoms with van der Waals surface area (Å²) in [5.41, 5.74) is 2.79. The minimum Gasteiger partial charge on any atom is -0.363 e.